The number of likely N-dealkylation sites (N-methyl/N-ethyl adjacent to an activating group) is 1. The summed E-state index contributed by atoms with van der Waals surface area (Å²) in [5.74, 6) is -1.23. The zero-order valence-electron chi connectivity index (χ0n) is 11.4. The highest BCUT2D eigenvalue weighted by atomic mass is 16.2. The van der Waals surface area contributed by atoms with Gasteiger partial charge >= 0.3 is 0 Å². The summed E-state index contributed by atoms with van der Waals surface area (Å²) in [5, 5.41) is 11.8. The molecule has 0 saturated carbocycles. The molecule has 1 saturated heterocycles. The summed E-state index contributed by atoms with van der Waals surface area (Å²) < 4.78 is 0. The zero-order chi connectivity index (χ0) is 14.5. The van der Waals surface area contributed by atoms with Crippen molar-refractivity contribution in [3.8, 4) is 6.07 Å². The quantitative estimate of drug-likeness (QED) is 0.876. The van der Waals surface area contributed by atoms with E-state index in [1.165, 1.54) is 0 Å². The minimum Gasteiger partial charge on any atom is -0.344 e. The molecule has 1 aromatic carbocycles. The Labute approximate surface area is 118 Å². The fourth-order valence-electron chi connectivity index (χ4n) is 2.28. The van der Waals surface area contributed by atoms with Gasteiger partial charge in [0.05, 0.1) is 6.07 Å². The van der Waals surface area contributed by atoms with Gasteiger partial charge in [0.25, 0.3) is 0 Å². The minimum atomic E-state index is -0.767. The molecule has 0 aliphatic carbocycles. The van der Waals surface area contributed by atoms with Crippen LogP contribution >= 0.6 is 0 Å². The van der Waals surface area contributed by atoms with Crippen molar-refractivity contribution < 1.29 is 9.59 Å². The Kier molecular flexibility index (Phi) is 4.36. The van der Waals surface area contributed by atoms with Crippen molar-refractivity contribution in [3.63, 3.8) is 0 Å². The predicted octanol–water partition coefficient (Wildman–Crippen LogP) is 0.716. The molecule has 5 heteroatoms. The molecule has 0 spiro atoms. The third kappa shape index (κ3) is 3.15. The van der Waals surface area contributed by atoms with Crippen molar-refractivity contribution in [1.82, 2.24) is 10.2 Å². The van der Waals surface area contributed by atoms with Crippen molar-refractivity contribution in [1.29, 1.82) is 5.26 Å². The standard InChI is InChI=1S/C15H17N3O2/c1-18-8-7-13(15(18)20)17-14(19)12(10-16)9-11-5-3-2-4-6-11/h2-6,12-13H,7-9H2,1H3,(H,17,19). The molecule has 0 aromatic heterocycles. The van der Waals surface area contributed by atoms with E-state index in [-0.39, 0.29) is 11.8 Å². The molecule has 1 heterocycles. The van der Waals surface area contributed by atoms with Crippen LogP contribution in [-0.2, 0) is 16.0 Å². The molecule has 20 heavy (non-hydrogen) atoms. The number of hydrogen-bond donors (Lipinski definition) is 1. The van der Waals surface area contributed by atoms with Gasteiger partial charge in [-0.25, -0.2) is 0 Å². The maximum atomic E-state index is 12.1. The van der Waals surface area contributed by atoms with E-state index in [1.807, 2.05) is 36.4 Å². The highest BCUT2D eigenvalue weighted by Gasteiger charge is 2.32. The second kappa shape index (κ2) is 6.20. The van der Waals surface area contributed by atoms with E-state index in [9.17, 15) is 9.59 Å². The van der Waals surface area contributed by atoms with Crippen LogP contribution in [0.15, 0.2) is 30.3 Å². The van der Waals surface area contributed by atoms with E-state index >= 15 is 0 Å². The number of nitriles is 1. The van der Waals surface area contributed by atoms with E-state index in [2.05, 4.69) is 5.32 Å². The molecule has 2 rings (SSSR count). The maximum absolute atomic E-state index is 12.1. The van der Waals surface area contributed by atoms with Crippen LogP contribution in [0.4, 0.5) is 0 Å². The van der Waals surface area contributed by atoms with Crippen molar-refractivity contribution in [2.75, 3.05) is 13.6 Å². The van der Waals surface area contributed by atoms with Crippen LogP contribution in [0.3, 0.4) is 0 Å². The summed E-state index contributed by atoms with van der Waals surface area (Å²) in [7, 11) is 1.71. The number of nitrogens with one attached hydrogen (secondary N) is 1. The number of benzene rings is 1. The average Bonchev–Trinajstić information content (AvgIpc) is 2.77. The Morgan fingerprint density at radius 3 is 2.75 bits per heavy atom. The smallest absolute Gasteiger partial charge is 0.244 e. The Bertz CT molecular complexity index is 536. The SMILES string of the molecule is CN1CCC(NC(=O)C(C#N)Cc2ccccc2)C1=O. The van der Waals surface area contributed by atoms with Crippen molar-refractivity contribution in [2.24, 2.45) is 5.92 Å². The van der Waals surface area contributed by atoms with Gasteiger partial charge in [-0.1, -0.05) is 30.3 Å². The van der Waals surface area contributed by atoms with Crippen LogP contribution in [-0.4, -0.2) is 36.3 Å². The van der Waals surface area contributed by atoms with Gasteiger partial charge in [0, 0.05) is 13.6 Å². The molecule has 0 radical (unpaired) electrons. The van der Waals surface area contributed by atoms with Crippen LogP contribution in [0.5, 0.6) is 0 Å². The first kappa shape index (κ1) is 14.1. The molecule has 1 fully saturated rings. The fraction of sp³-hybridized carbons (Fsp3) is 0.400. The molecule has 2 amide bonds. The Balaban J connectivity index is 1.96. The molecule has 1 aliphatic rings. The second-order valence-electron chi connectivity index (χ2n) is 4.98. The first-order valence-electron chi connectivity index (χ1n) is 6.60. The van der Waals surface area contributed by atoms with Gasteiger partial charge in [0.15, 0.2) is 0 Å². The third-order valence-electron chi connectivity index (χ3n) is 3.50. The first-order chi connectivity index (χ1) is 9.61. The van der Waals surface area contributed by atoms with Gasteiger partial charge < -0.3 is 10.2 Å². The van der Waals surface area contributed by atoms with Gasteiger partial charge in [-0.15, -0.1) is 0 Å². The minimum absolute atomic E-state index is 0.0882. The Hall–Kier alpha value is -2.35. The Morgan fingerprint density at radius 2 is 2.20 bits per heavy atom. The lowest BCUT2D eigenvalue weighted by molar-refractivity contribution is -0.132. The lowest BCUT2D eigenvalue weighted by Crippen LogP contribution is -2.43. The summed E-state index contributed by atoms with van der Waals surface area (Å²) in [6.45, 7) is 0.639. The molecule has 2 unspecified atom stereocenters. The summed E-state index contributed by atoms with van der Waals surface area (Å²) in [6, 6.07) is 10.9. The van der Waals surface area contributed by atoms with Crippen molar-refractivity contribution in [3.05, 3.63) is 35.9 Å². The van der Waals surface area contributed by atoms with Crippen LogP contribution in [0.25, 0.3) is 0 Å². The highest BCUT2D eigenvalue weighted by Crippen LogP contribution is 2.12. The van der Waals surface area contributed by atoms with Crippen LogP contribution in [0.2, 0.25) is 0 Å². The fourth-order valence-corrected chi connectivity index (χ4v) is 2.28. The maximum Gasteiger partial charge on any atom is 0.244 e. The number of carbonyl (C=O) groups excluding carboxylic acids is 2. The van der Waals surface area contributed by atoms with Gasteiger partial charge in [0.2, 0.25) is 11.8 Å². The van der Waals surface area contributed by atoms with Gasteiger partial charge in [-0.3, -0.25) is 9.59 Å². The molecule has 104 valence electrons. The molecule has 5 nitrogen and oxygen atoms in total. The summed E-state index contributed by atoms with van der Waals surface area (Å²) in [6.07, 6.45) is 0.963. The van der Waals surface area contributed by atoms with Gasteiger partial charge in [0.1, 0.15) is 12.0 Å². The molecule has 1 aliphatic heterocycles. The van der Waals surface area contributed by atoms with Crippen LogP contribution < -0.4 is 5.32 Å². The number of likely N-dealkylation sites (tertiary alicyclic amines) is 1. The van der Waals surface area contributed by atoms with Crippen molar-refractivity contribution >= 4 is 11.8 Å². The van der Waals surface area contributed by atoms with Crippen molar-refractivity contribution in [2.45, 2.75) is 18.9 Å². The second-order valence-corrected chi connectivity index (χ2v) is 4.98. The highest BCUT2D eigenvalue weighted by molar-refractivity contribution is 5.90. The molecule has 1 aromatic rings. The predicted molar refractivity (Wildman–Crippen MR) is 73.4 cm³/mol. The van der Waals surface area contributed by atoms with Crippen LogP contribution in [0, 0.1) is 17.2 Å². The topological polar surface area (TPSA) is 73.2 Å². The number of carbonyl (C=O) groups is 2. The number of hydrogen-bond acceptors (Lipinski definition) is 3. The van der Waals surface area contributed by atoms with Crippen LogP contribution in [0.1, 0.15) is 12.0 Å². The largest absolute Gasteiger partial charge is 0.344 e. The summed E-state index contributed by atoms with van der Waals surface area (Å²) in [5.41, 5.74) is 0.934. The summed E-state index contributed by atoms with van der Waals surface area (Å²) in [4.78, 5) is 25.4. The van der Waals surface area contributed by atoms with E-state index in [0.717, 1.165) is 5.56 Å². The molecule has 0 bridgehead atoms. The molecular formula is C15H17N3O2. The normalized spacial score (nSPS) is 19.5. The van der Waals surface area contributed by atoms with Gasteiger partial charge in [-0.05, 0) is 18.4 Å². The number of rotatable bonds is 4. The molecule has 2 atom stereocenters. The number of nitrogens with zero attached hydrogens (tertiary/aromatic N) is 2. The van der Waals surface area contributed by atoms with Gasteiger partial charge in [-0.2, -0.15) is 5.26 Å². The summed E-state index contributed by atoms with van der Waals surface area (Å²) >= 11 is 0. The molecular weight excluding hydrogens is 254 g/mol. The molecule has 1 N–H and O–H groups in total. The van der Waals surface area contributed by atoms with E-state index < -0.39 is 12.0 Å². The number of amides is 2. The Morgan fingerprint density at radius 1 is 1.50 bits per heavy atom. The lowest BCUT2D eigenvalue weighted by atomic mass is 9.99. The van der Waals surface area contributed by atoms with E-state index in [4.69, 9.17) is 5.26 Å². The van der Waals surface area contributed by atoms with E-state index in [1.54, 1.807) is 11.9 Å². The zero-order valence-corrected chi connectivity index (χ0v) is 11.4. The third-order valence-corrected chi connectivity index (χ3v) is 3.50. The first-order valence-corrected chi connectivity index (χ1v) is 6.60. The van der Waals surface area contributed by atoms with E-state index in [0.29, 0.717) is 19.4 Å². The lowest BCUT2D eigenvalue weighted by Gasteiger charge is -2.15. The monoisotopic (exact) mass is 271 g/mol. The average molecular weight is 271 g/mol.